The van der Waals surface area contributed by atoms with Crippen LogP contribution in [0.2, 0.25) is 5.15 Å². The molecule has 0 bridgehead atoms. The van der Waals surface area contributed by atoms with Gasteiger partial charge in [-0.05, 0) is 18.2 Å². The largest absolute Gasteiger partial charge is 0.432 e. The molecule has 1 heterocycles. The zero-order chi connectivity index (χ0) is 14.7. The summed E-state index contributed by atoms with van der Waals surface area (Å²) in [7, 11) is 0. The molecule has 0 spiro atoms. The van der Waals surface area contributed by atoms with Crippen molar-refractivity contribution in [2.24, 2.45) is 0 Å². The molecule has 8 heteroatoms. The Hall–Kier alpha value is -2.72. The van der Waals surface area contributed by atoms with E-state index in [-0.39, 0.29) is 16.5 Å². The van der Waals surface area contributed by atoms with Gasteiger partial charge in [-0.15, -0.1) is 0 Å². The molecule has 0 fully saturated rings. The predicted octanol–water partition coefficient (Wildman–Crippen LogP) is 3.45. The van der Waals surface area contributed by atoms with Crippen molar-refractivity contribution >= 4 is 17.3 Å². The minimum atomic E-state index is -0.797. The first-order valence-corrected chi connectivity index (χ1v) is 5.58. The van der Waals surface area contributed by atoms with Crippen LogP contribution in [0.15, 0.2) is 30.3 Å². The lowest BCUT2D eigenvalue weighted by Crippen LogP contribution is -1.98. The molecule has 0 aliphatic rings. The van der Waals surface area contributed by atoms with Crippen molar-refractivity contribution in [1.29, 1.82) is 5.26 Å². The lowest BCUT2D eigenvalue weighted by Gasteiger charge is -2.07. The van der Waals surface area contributed by atoms with Crippen LogP contribution in [0.25, 0.3) is 0 Å². The molecule has 0 unspecified atom stereocenters. The molecule has 6 nitrogen and oxygen atoms in total. The Morgan fingerprint density at radius 2 is 2.15 bits per heavy atom. The van der Waals surface area contributed by atoms with Gasteiger partial charge in [0, 0.05) is 6.07 Å². The Kier molecular flexibility index (Phi) is 3.77. The Morgan fingerprint density at radius 3 is 2.80 bits per heavy atom. The van der Waals surface area contributed by atoms with Crippen LogP contribution in [0.5, 0.6) is 11.6 Å². The van der Waals surface area contributed by atoms with Gasteiger partial charge in [0.15, 0.2) is 5.75 Å². The van der Waals surface area contributed by atoms with Gasteiger partial charge in [0.1, 0.15) is 22.6 Å². The van der Waals surface area contributed by atoms with E-state index >= 15 is 0 Å². The van der Waals surface area contributed by atoms with Crippen molar-refractivity contribution in [2.75, 3.05) is 0 Å². The number of benzene rings is 1. The first-order chi connectivity index (χ1) is 9.52. The molecule has 0 N–H and O–H groups in total. The van der Waals surface area contributed by atoms with E-state index in [9.17, 15) is 14.5 Å². The number of pyridine rings is 1. The maximum absolute atomic E-state index is 13.4. The molecule has 1 aromatic carbocycles. The number of hydrogen-bond donors (Lipinski definition) is 0. The van der Waals surface area contributed by atoms with E-state index in [1.165, 1.54) is 18.2 Å². The van der Waals surface area contributed by atoms with Crippen LogP contribution in [-0.4, -0.2) is 9.91 Å². The Bertz CT molecular complexity index is 730. The fourth-order valence-corrected chi connectivity index (χ4v) is 1.57. The minimum absolute atomic E-state index is 0.0273. The highest BCUT2D eigenvalue weighted by atomic mass is 35.5. The summed E-state index contributed by atoms with van der Waals surface area (Å²) >= 11 is 5.64. The van der Waals surface area contributed by atoms with Gasteiger partial charge >= 0.3 is 11.6 Å². The van der Waals surface area contributed by atoms with E-state index in [1.54, 1.807) is 6.07 Å². The van der Waals surface area contributed by atoms with E-state index in [0.717, 1.165) is 12.1 Å². The molecule has 0 saturated carbocycles. The first-order valence-electron chi connectivity index (χ1n) is 5.20. The van der Waals surface area contributed by atoms with E-state index in [2.05, 4.69) is 4.98 Å². The molecule has 0 atom stereocenters. The zero-order valence-corrected chi connectivity index (χ0v) is 10.5. The third kappa shape index (κ3) is 2.65. The fourth-order valence-electron chi connectivity index (χ4n) is 1.43. The molecular formula is C12H5ClFN3O3. The summed E-state index contributed by atoms with van der Waals surface area (Å²) in [6, 6.07) is 7.63. The van der Waals surface area contributed by atoms with Crippen molar-refractivity contribution in [2.45, 2.75) is 0 Å². The van der Waals surface area contributed by atoms with Crippen LogP contribution in [0, 0.1) is 27.3 Å². The van der Waals surface area contributed by atoms with Gasteiger partial charge in [-0.3, -0.25) is 10.1 Å². The molecule has 1 aromatic heterocycles. The average Bonchev–Trinajstić information content (AvgIpc) is 2.38. The molecule has 0 aliphatic heterocycles. The highest BCUT2D eigenvalue weighted by molar-refractivity contribution is 6.29. The third-order valence-electron chi connectivity index (χ3n) is 2.30. The second-order valence-corrected chi connectivity index (χ2v) is 3.93. The molecule has 0 aliphatic carbocycles. The highest BCUT2D eigenvalue weighted by Gasteiger charge is 2.20. The number of ether oxygens (including phenoxy) is 1. The summed E-state index contributed by atoms with van der Waals surface area (Å²) in [6.07, 6.45) is 0. The number of nitriles is 1. The van der Waals surface area contributed by atoms with Crippen LogP contribution < -0.4 is 4.74 Å². The molecule has 0 saturated heterocycles. The molecule has 2 rings (SSSR count). The predicted molar refractivity (Wildman–Crippen MR) is 67.1 cm³/mol. The number of nitrogens with zero attached hydrogens (tertiary/aromatic N) is 3. The van der Waals surface area contributed by atoms with E-state index in [4.69, 9.17) is 21.6 Å². The first kappa shape index (κ1) is 13.7. The number of hydrogen-bond acceptors (Lipinski definition) is 5. The second-order valence-electron chi connectivity index (χ2n) is 3.54. The summed E-state index contributed by atoms with van der Waals surface area (Å²) in [5.74, 6) is -1.38. The lowest BCUT2D eigenvalue weighted by atomic mass is 10.2. The molecular weight excluding hydrogens is 289 g/mol. The highest BCUT2D eigenvalue weighted by Crippen LogP contribution is 2.32. The summed E-state index contributed by atoms with van der Waals surface area (Å²) in [4.78, 5) is 13.8. The molecule has 2 aromatic rings. The third-order valence-corrected chi connectivity index (χ3v) is 2.51. The molecule has 100 valence electrons. The van der Waals surface area contributed by atoms with Crippen LogP contribution in [0.1, 0.15) is 5.56 Å². The number of nitro groups is 1. The summed E-state index contributed by atoms with van der Waals surface area (Å²) < 4.78 is 18.6. The maximum Gasteiger partial charge on any atom is 0.331 e. The monoisotopic (exact) mass is 293 g/mol. The second kappa shape index (κ2) is 5.50. The molecule has 0 radical (unpaired) electrons. The van der Waals surface area contributed by atoms with E-state index in [0.29, 0.717) is 0 Å². The van der Waals surface area contributed by atoms with E-state index in [1.807, 2.05) is 0 Å². The standard InChI is InChI=1S/C12H5ClFN3O3/c13-11-5-4-9(17(18)19)12(16-11)20-10-3-1-2-8(14)7(10)6-15/h1-5H. The Labute approximate surface area is 117 Å². The van der Waals surface area contributed by atoms with Gasteiger partial charge in [0.2, 0.25) is 0 Å². The summed E-state index contributed by atoms with van der Waals surface area (Å²) in [5, 5.41) is 19.7. The lowest BCUT2D eigenvalue weighted by molar-refractivity contribution is -0.386. The van der Waals surface area contributed by atoms with E-state index < -0.39 is 22.3 Å². The SMILES string of the molecule is N#Cc1c(F)cccc1Oc1nc(Cl)ccc1[N+](=O)[O-]. The summed E-state index contributed by atoms with van der Waals surface area (Å²) in [6.45, 7) is 0. The van der Waals surface area contributed by atoms with Crippen LogP contribution in [0.3, 0.4) is 0 Å². The maximum atomic E-state index is 13.4. The van der Waals surface area contributed by atoms with Crippen LogP contribution in [0.4, 0.5) is 10.1 Å². The van der Waals surface area contributed by atoms with Gasteiger partial charge in [-0.1, -0.05) is 17.7 Å². The zero-order valence-electron chi connectivity index (χ0n) is 9.71. The number of halogens is 2. The van der Waals surface area contributed by atoms with Crippen LogP contribution >= 0.6 is 11.6 Å². The quantitative estimate of drug-likeness (QED) is 0.491. The Morgan fingerprint density at radius 1 is 1.40 bits per heavy atom. The average molecular weight is 294 g/mol. The smallest absolute Gasteiger partial charge is 0.331 e. The molecule has 20 heavy (non-hydrogen) atoms. The Balaban J connectivity index is 2.51. The van der Waals surface area contributed by atoms with Gasteiger partial charge in [0.25, 0.3) is 0 Å². The topological polar surface area (TPSA) is 89.0 Å². The number of rotatable bonds is 3. The molecule has 0 amide bonds. The van der Waals surface area contributed by atoms with Crippen molar-refractivity contribution in [1.82, 2.24) is 4.98 Å². The summed E-state index contributed by atoms with van der Waals surface area (Å²) in [5.41, 5.74) is -0.814. The van der Waals surface area contributed by atoms with Gasteiger partial charge in [-0.2, -0.15) is 10.2 Å². The van der Waals surface area contributed by atoms with Crippen LogP contribution in [-0.2, 0) is 0 Å². The minimum Gasteiger partial charge on any atom is -0.432 e. The van der Waals surface area contributed by atoms with Gasteiger partial charge in [-0.25, -0.2) is 4.39 Å². The van der Waals surface area contributed by atoms with Crippen molar-refractivity contribution in [3.63, 3.8) is 0 Å². The van der Waals surface area contributed by atoms with Crippen molar-refractivity contribution < 1.29 is 14.1 Å². The van der Waals surface area contributed by atoms with Crippen molar-refractivity contribution in [3.8, 4) is 17.7 Å². The number of aromatic nitrogens is 1. The van der Waals surface area contributed by atoms with Gasteiger partial charge < -0.3 is 4.74 Å². The van der Waals surface area contributed by atoms with Gasteiger partial charge in [0.05, 0.1) is 4.92 Å². The van der Waals surface area contributed by atoms with Crippen molar-refractivity contribution in [3.05, 3.63) is 57.0 Å². The fraction of sp³-hybridized carbons (Fsp3) is 0. The normalized spacial score (nSPS) is 9.85.